The van der Waals surface area contributed by atoms with E-state index in [-0.39, 0.29) is 18.5 Å². The van der Waals surface area contributed by atoms with Crippen molar-refractivity contribution in [3.63, 3.8) is 0 Å². The Morgan fingerprint density at radius 2 is 1.02 bits per heavy atom. The fourth-order valence-electron chi connectivity index (χ4n) is 8.52. The maximum absolute atomic E-state index is 5.38. The van der Waals surface area contributed by atoms with Gasteiger partial charge < -0.3 is 10.6 Å². The molecule has 3 unspecified atom stereocenters. The molecule has 9 aromatic rings. The molecule has 6 heteroatoms. The third kappa shape index (κ3) is 6.58. The summed E-state index contributed by atoms with van der Waals surface area (Å²) in [5.41, 5.74) is 11.1. The summed E-state index contributed by atoms with van der Waals surface area (Å²) in [6.45, 7) is 0. The largest absolute Gasteiger partial charge is 0.359 e. The third-order valence-corrected chi connectivity index (χ3v) is 12.6. The van der Waals surface area contributed by atoms with Crippen LogP contribution in [0.25, 0.3) is 47.8 Å². The van der Waals surface area contributed by atoms with E-state index in [9.17, 15) is 0 Å². The second-order valence-electron chi connectivity index (χ2n) is 15.0. The second kappa shape index (κ2) is 15.0. The number of benzene rings is 8. The molecule has 0 bridgehead atoms. The van der Waals surface area contributed by atoms with Gasteiger partial charge in [-0.05, 0) is 62.9 Å². The zero-order valence-corrected chi connectivity index (χ0v) is 32.9. The number of amidine groups is 1. The molecule has 2 aliphatic rings. The molecule has 5 nitrogen and oxygen atoms in total. The van der Waals surface area contributed by atoms with Crippen LogP contribution >= 0.6 is 11.3 Å². The highest BCUT2D eigenvalue weighted by Gasteiger charge is 2.28. The average molecular weight is 778 g/mol. The molecule has 0 aliphatic carbocycles. The molecular formula is C53H39N5S. The Balaban J connectivity index is 1.08. The van der Waals surface area contributed by atoms with Gasteiger partial charge in [0.15, 0.2) is 0 Å². The van der Waals surface area contributed by atoms with Gasteiger partial charge in [0, 0.05) is 42.6 Å². The monoisotopic (exact) mass is 777 g/mol. The first-order chi connectivity index (χ1) is 29.2. The fourth-order valence-corrected chi connectivity index (χ4v) is 9.73. The number of hydrogen-bond acceptors (Lipinski definition) is 6. The van der Waals surface area contributed by atoms with Gasteiger partial charge in [-0.25, -0.2) is 4.99 Å². The van der Waals surface area contributed by atoms with Gasteiger partial charge in [-0.1, -0.05) is 176 Å². The van der Waals surface area contributed by atoms with Gasteiger partial charge in [0.25, 0.3) is 0 Å². The third-order valence-electron chi connectivity index (χ3n) is 11.4. The predicted molar refractivity (Wildman–Crippen MR) is 247 cm³/mol. The van der Waals surface area contributed by atoms with Crippen molar-refractivity contribution in [3.05, 3.63) is 234 Å². The van der Waals surface area contributed by atoms with Crippen molar-refractivity contribution < 1.29 is 0 Å². The molecule has 1 aromatic heterocycles. The minimum absolute atomic E-state index is 0.132. The van der Waals surface area contributed by atoms with Gasteiger partial charge in [-0.3, -0.25) is 10.3 Å². The lowest BCUT2D eigenvalue weighted by molar-refractivity contribution is 0.409. The van der Waals surface area contributed by atoms with E-state index >= 15 is 0 Å². The van der Waals surface area contributed by atoms with E-state index in [0.29, 0.717) is 0 Å². The molecule has 3 heterocycles. The Kier molecular flexibility index (Phi) is 8.91. The van der Waals surface area contributed by atoms with Crippen molar-refractivity contribution >= 4 is 59.5 Å². The quantitative estimate of drug-likeness (QED) is 0.151. The molecule has 0 amide bonds. The van der Waals surface area contributed by atoms with Gasteiger partial charge in [0.05, 0.1) is 5.71 Å². The van der Waals surface area contributed by atoms with Crippen molar-refractivity contribution in [3.8, 4) is 11.1 Å². The summed E-state index contributed by atoms with van der Waals surface area (Å²) in [4.78, 5) is 10.6. The maximum atomic E-state index is 5.38. The molecular weight excluding hydrogens is 739 g/mol. The number of aliphatic imine (C=N–C) groups is 2. The molecule has 3 N–H and O–H groups in total. The van der Waals surface area contributed by atoms with Crippen LogP contribution in [0.4, 0.5) is 0 Å². The van der Waals surface area contributed by atoms with Crippen molar-refractivity contribution in [2.75, 3.05) is 0 Å². The highest BCUT2D eigenvalue weighted by atomic mass is 32.1. The highest BCUT2D eigenvalue weighted by Crippen LogP contribution is 2.45. The molecule has 282 valence electrons. The Morgan fingerprint density at radius 1 is 0.424 bits per heavy atom. The normalized spacial score (nSPS) is 17.8. The molecule has 3 atom stereocenters. The standard InChI is InChI=1S/C53H39N5S/c1-5-17-34(18-6-1)46-33-47(55-50(54-46)35-19-7-2-8-20-35)42-30-29-41(39-25-13-14-26-40(39)42)44-31-38(32-45-43-27-15-16-28-48(43)59-49(44)45)53-57-51(36-21-9-3-10-22-36)56-52(58-53)37-23-11-4-12-24-37/h1-33,50-51,53,55,57H,(H,56,58). The summed E-state index contributed by atoms with van der Waals surface area (Å²) in [6, 6.07) is 68.9. The zero-order chi connectivity index (χ0) is 39.1. The van der Waals surface area contributed by atoms with Crippen LogP contribution < -0.4 is 16.0 Å². The van der Waals surface area contributed by atoms with Crippen molar-refractivity contribution in [1.82, 2.24) is 16.0 Å². The lowest BCUT2D eigenvalue weighted by Gasteiger charge is -2.32. The molecule has 0 saturated carbocycles. The van der Waals surface area contributed by atoms with Gasteiger partial charge >= 0.3 is 0 Å². The molecule has 11 rings (SSSR count). The first-order valence-electron chi connectivity index (χ1n) is 20.1. The van der Waals surface area contributed by atoms with E-state index in [4.69, 9.17) is 9.98 Å². The summed E-state index contributed by atoms with van der Waals surface area (Å²) in [5, 5.41) is 16.3. The molecule has 0 saturated heterocycles. The lowest BCUT2D eigenvalue weighted by atomic mass is 9.90. The Morgan fingerprint density at radius 3 is 1.75 bits per heavy atom. The van der Waals surface area contributed by atoms with E-state index < -0.39 is 0 Å². The molecule has 2 aliphatic heterocycles. The van der Waals surface area contributed by atoms with E-state index in [1.807, 2.05) is 17.4 Å². The maximum Gasteiger partial charge on any atom is 0.145 e. The van der Waals surface area contributed by atoms with Crippen molar-refractivity contribution in [1.29, 1.82) is 0 Å². The number of hydrogen-bond donors (Lipinski definition) is 3. The minimum atomic E-state index is -0.300. The topological polar surface area (TPSA) is 60.8 Å². The number of nitrogens with zero attached hydrogens (tertiary/aromatic N) is 2. The van der Waals surface area contributed by atoms with Crippen LogP contribution in [-0.4, -0.2) is 11.5 Å². The second-order valence-corrected chi connectivity index (χ2v) is 16.1. The van der Waals surface area contributed by atoms with Gasteiger partial charge in [0.1, 0.15) is 24.3 Å². The molecule has 0 fully saturated rings. The summed E-state index contributed by atoms with van der Waals surface area (Å²) in [7, 11) is 0. The summed E-state index contributed by atoms with van der Waals surface area (Å²) < 4.78 is 2.54. The zero-order valence-electron chi connectivity index (χ0n) is 32.1. The SMILES string of the molecule is C1=C(c2ccc(-c3cc(C4N=C(c5ccccc5)NC(c5ccccc5)N4)cc4c3sc3ccccc34)c3ccccc23)NC(c2ccccc2)N=C1c1ccccc1. The first-order valence-corrected chi connectivity index (χ1v) is 20.9. The molecule has 0 spiro atoms. The van der Waals surface area contributed by atoms with Crippen LogP contribution in [0, 0.1) is 0 Å². The van der Waals surface area contributed by atoms with Crippen LogP contribution in [0.1, 0.15) is 51.9 Å². The molecule has 8 aromatic carbocycles. The number of allylic oxidation sites excluding steroid dienone is 1. The minimum Gasteiger partial charge on any atom is -0.359 e. The van der Waals surface area contributed by atoms with Gasteiger partial charge in [-0.15, -0.1) is 11.3 Å². The van der Waals surface area contributed by atoms with Crippen molar-refractivity contribution in [2.24, 2.45) is 9.98 Å². The van der Waals surface area contributed by atoms with E-state index in [2.05, 4.69) is 210 Å². The van der Waals surface area contributed by atoms with E-state index in [0.717, 1.165) is 50.6 Å². The van der Waals surface area contributed by atoms with Crippen LogP contribution in [0.5, 0.6) is 0 Å². The summed E-state index contributed by atoms with van der Waals surface area (Å²) in [5.74, 6) is 0.871. The molecule has 59 heavy (non-hydrogen) atoms. The van der Waals surface area contributed by atoms with Crippen LogP contribution in [0.15, 0.2) is 210 Å². The van der Waals surface area contributed by atoms with Gasteiger partial charge in [0.2, 0.25) is 0 Å². The summed E-state index contributed by atoms with van der Waals surface area (Å²) in [6.07, 6.45) is 1.55. The molecule has 0 radical (unpaired) electrons. The number of nitrogens with one attached hydrogen (secondary N) is 3. The Labute approximate surface area is 347 Å². The van der Waals surface area contributed by atoms with Crippen LogP contribution in [-0.2, 0) is 0 Å². The smallest absolute Gasteiger partial charge is 0.145 e. The fraction of sp³-hybridized carbons (Fsp3) is 0.0566. The van der Waals surface area contributed by atoms with Gasteiger partial charge in [-0.2, -0.15) is 0 Å². The number of fused-ring (bicyclic) bond motifs is 4. The predicted octanol–water partition coefficient (Wildman–Crippen LogP) is 12.3. The average Bonchev–Trinajstić information content (AvgIpc) is 3.70. The number of thiophene rings is 1. The number of rotatable bonds is 7. The van der Waals surface area contributed by atoms with Crippen molar-refractivity contribution in [2.45, 2.75) is 18.5 Å². The summed E-state index contributed by atoms with van der Waals surface area (Å²) >= 11 is 1.86. The Hall–Kier alpha value is -7.12. The van der Waals surface area contributed by atoms with E-state index in [1.54, 1.807) is 0 Å². The first kappa shape index (κ1) is 35.1. The highest BCUT2D eigenvalue weighted by molar-refractivity contribution is 7.26. The lowest BCUT2D eigenvalue weighted by Crippen LogP contribution is -2.44. The van der Waals surface area contributed by atoms with E-state index in [1.165, 1.54) is 42.1 Å². The Bertz CT molecular complexity index is 3080. The van der Waals surface area contributed by atoms with Crippen LogP contribution in [0.3, 0.4) is 0 Å². The van der Waals surface area contributed by atoms with Crippen LogP contribution in [0.2, 0.25) is 0 Å².